The molecule has 0 spiro atoms. The zero-order valence-electron chi connectivity index (χ0n) is 11.8. The number of terminal acetylenes is 1. The molecule has 2 rings (SSSR count). The Morgan fingerprint density at radius 1 is 1.60 bits per heavy atom. The van der Waals surface area contributed by atoms with Gasteiger partial charge in [-0.3, -0.25) is 4.79 Å². The Bertz CT molecular complexity index is 584. The number of aromatic nitrogens is 2. The minimum atomic E-state index is -0.208. The van der Waals surface area contributed by atoms with Crippen molar-refractivity contribution in [2.45, 2.75) is 31.3 Å². The zero-order valence-corrected chi connectivity index (χ0v) is 13.4. The third-order valence-electron chi connectivity index (χ3n) is 4.07. The van der Waals surface area contributed by atoms with Crippen LogP contribution in [-0.2, 0) is 6.54 Å². The van der Waals surface area contributed by atoms with E-state index >= 15 is 0 Å². The lowest BCUT2D eigenvalue weighted by atomic mass is 9.75. The summed E-state index contributed by atoms with van der Waals surface area (Å²) < 4.78 is 1.75. The summed E-state index contributed by atoms with van der Waals surface area (Å²) in [7, 11) is 4.19. The van der Waals surface area contributed by atoms with Crippen molar-refractivity contribution in [1.82, 2.24) is 14.7 Å². The highest BCUT2D eigenvalue weighted by Gasteiger charge is 2.38. The summed E-state index contributed by atoms with van der Waals surface area (Å²) in [5, 5.41) is 7.40. The van der Waals surface area contributed by atoms with Crippen LogP contribution in [0.25, 0.3) is 0 Å². The molecule has 0 saturated heterocycles. The van der Waals surface area contributed by atoms with Crippen molar-refractivity contribution in [3.05, 3.63) is 21.0 Å². The molecule has 0 unspecified atom stereocenters. The minimum Gasteiger partial charge on any atom is -0.381 e. The topological polar surface area (TPSA) is 50.2 Å². The first-order chi connectivity index (χ1) is 9.50. The van der Waals surface area contributed by atoms with E-state index in [0.717, 1.165) is 12.2 Å². The number of anilines is 1. The van der Waals surface area contributed by atoms with Crippen molar-refractivity contribution in [2.24, 2.45) is 0 Å². The minimum absolute atomic E-state index is 0.180. The molecule has 0 aliphatic heterocycles. The second kappa shape index (κ2) is 5.98. The molecule has 1 N–H and O–H groups in total. The molecule has 5 nitrogen and oxygen atoms in total. The van der Waals surface area contributed by atoms with E-state index in [0.29, 0.717) is 4.47 Å². The molecule has 0 radical (unpaired) electrons. The summed E-state index contributed by atoms with van der Waals surface area (Å²) in [6, 6.07) is 0. The van der Waals surface area contributed by atoms with E-state index in [4.69, 9.17) is 6.42 Å². The van der Waals surface area contributed by atoms with Crippen LogP contribution in [0.15, 0.2) is 15.5 Å². The van der Waals surface area contributed by atoms with Crippen LogP contribution in [-0.4, -0.2) is 40.9 Å². The molecule has 1 saturated carbocycles. The van der Waals surface area contributed by atoms with Crippen LogP contribution < -0.4 is 10.9 Å². The molecule has 0 bridgehead atoms. The molecule has 1 aliphatic rings. The second-order valence-corrected chi connectivity index (χ2v) is 6.16. The van der Waals surface area contributed by atoms with Crippen LogP contribution in [0.2, 0.25) is 0 Å². The van der Waals surface area contributed by atoms with Crippen LogP contribution in [0.5, 0.6) is 0 Å². The maximum atomic E-state index is 12.0. The molecule has 1 aliphatic carbocycles. The van der Waals surface area contributed by atoms with Crippen LogP contribution in [0, 0.1) is 12.3 Å². The Hall–Kier alpha value is -1.32. The summed E-state index contributed by atoms with van der Waals surface area (Å²) in [4.78, 5) is 14.3. The maximum absolute atomic E-state index is 12.0. The Morgan fingerprint density at radius 3 is 2.80 bits per heavy atom. The van der Waals surface area contributed by atoms with Crippen LogP contribution >= 0.6 is 15.9 Å². The van der Waals surface area contributed by atoms with E-state index in [-0.39, 0.29) is 17.6 Å². The Labute approximate surface area is 127 Å². The maximum Gasteiger partial charge on any atom is 0.284 e. The Kier molecular flexibility index (Phi) is 4.51. The van der Waals surface area contributed by atoms with E-state index in [1.807, 2.05) is 0 Å². The average molecular weight is 339 g/mol. The van der Waals surface area contributed by atoms with Gasteiger partial charge < -0.3 is 10.2 Å². The summed E-state index contributed by atoms with van der Waals surface area (Å²) in [6.07, 6.45) is 10.4. The van der Waals surface area contributed by atoms with Gasteiger partial charge in [0.25, 0.3) is 5.56 Å². The first-order valence-corrected chi connectivity index (χ1v) is 7.40. The number of halogens is 1. The lowest BCUT2D eigenvalue weighted by Crippen LogP contribution is -2.54. The highest BCUT2D eigenvalue weighted by atomic mass is 79.9. The fraction of sp³-hybridized carbons (Fsp3) is 0.571. The molecule has 1 fully saturated rings. The molecule has 20 heavy (non-hydrogen) atoms. The molecule has 6 heteroatoms. The summed E-state index contributed by atoms with van der Waals surface area (Å²) >= 11 is 3.33. The van der Waals surface area contributed by atoms with E-state index in [9.17, 15) is 4.79 Å². The van der Waals surface area contributed by atoms with Gasteiger partial charge in [0.2, 0.25) is 0 Å². The smallest absolute Gasteiger partial charge is 0.284 e. The molecular formula is C14H19BrN4O. The number of nitrogens with zero attached hydrogens (tertiary/aromatic N) is 3. The van der Waals surface area contributed by atoms with Crippen LogP contribution in [0.4, 0.5) is 5.69 Å². The van der Waals surface area contributed by atoms with Gasteiger partial charge in [0.1, 0.15) is 11.0 Å². The third-order valence-corrected chi connectivity index (χ3v) is 4.83. The third kappa shape index (κ3) is 2.74. The number of rotatable bonds is 5. The molecule has 1 aromatic heterocycles. The van der Waals surface area contributed by atoms with Crippen molar-refractivity contribution in [3.8, 4) is 12.3 Å². The first-order valence-electron chi connectivity index (χ1n) is 6.60. The molecule has 0 amide bonds. The predicted octanol–water partition coefficient (Wildman–Crippen LogP) is 1.54. The first kappa shape index (κ1) is 15.1. The van der Waals surface area contributed by atoms with Crippen molar-refractivity contribution in [3.63, 3.8) is 0 Å². The Balaban J connectivity index is 2.13. The standard InChI is InChI=1S/C14H19BrN4O/c1-4-8-19-13(20)12(15)11(9-17-19)16-10-14(18(2)3)6-5-7-14/h1,9,16H,5-8,10H2,2-3H3. The molecule has 1 heterocycles. The van der Waals surface area contributed by atoms with Crippen molar-refractivity contribution in [1.29, 1.82) is 0 Å². The lowest BCUT2D eigenvalue weighted by Gasteiger charge is -2.47. The largest absolute Gasteiger partial charge is 0.381 e. The van der Waals surface area contributed by atoms with E-state index in [2.05, 4.69) is 51.3 Å². The molecule has 1 aromatic rings. The van der Waals surface area contributed by atoms with E-state index < -0.39 is 0 Å². The van der Waals surface area contributed by atoms with Gasteiger partial charge in [0.15, 0.2) is 0 Å². The molecule has 0 aromatic carbocycles. The predicted molar refractivity (Wildman–Crippen MR) is 83.8 cm³/mol. The fourth-order valence-electron chi connectivity index (χ4n) is 2.41. The second-order valence-electron chi connectivity index (χ2n) is 5.37. The summed E-state index contributed by atoms with van der Waals surface area (Å²) in [5.41, 5.74) is 0.699. The van der Waals surface area contributed by atoms with Gasteiger partial charge in [-0.2, -0.15) is 5.10 Å². The average Bonchev–Trinajstić information content (AvgIpc) is 2.36. The highest BCUT2D eigenvalue weighted by Crippen LogP contribution is 2.36. The number of hydrogen-bond acceptors (Lipinski definition) is 4. The van der Waals surface area contributed by atoms with Gasteiger partial charge in [-0.1, -0.05) is 5.92 Å². The van der Waals surface area contributed by atoms with Crippen molar-refractivity contribution in [2.75, 3.05) is 26.0 Å². The van der Waals surface area contributed by atoms with E-state index in [1.165, 1.54) is 23.9 Å². The van der Waals surface area contributed by atoms with Gasteiger partial charge in [0.05, 0.1) is 11.9 Å². The van der Waals surface area contributed by atoms with Gasteiger partial charge >= 0.3 is 0 Å². The van der Waals surface area contributed by atoms with E-state index in [1.54, 1.807) is 6.20 Å². The van der Waals surface area contributed by atoms with Gasteiger partial charge in [-0.25, -0.2) is 4.68 Å². The fourth-order valence-corrected chi connectivity index (χ4v) is 2.86. The van der Waals surface area contributed by atoms with Crippen LogP contribution in [0.3, 0.4) is 0 Å². The highest BCUT2D eigenvalue weighted by molar-refractivity contribution is 9.10. The number of likely N-dealkylation sites (N-methyl/N-ethyl adjacent to an activating group) is 1. The van der Waals surface area contributed by atoms with Gasteiger partial charge in [-0.15, -0.1) is 6.42 Å². The quantitative estimate of drug-likeness (QED) is 0.827. The zero-order chi connectivity index (χ0) is 14.8. The molecular weight excluding hydrogens is 320 g/mol. The normalized spacial score (nSPS) is 16.6. The summed E-state index contributed by atoms with van der Waals surface area (Å²) in [6.45, 7) is 0.984. The molecule has 0 atom stereocenters. The SMILES string of the molecule is C#CCn1ncc(NCC2(N(C)C)CCC2)c(Br)c1=O. The summed E-state index contributed by atoms with van der Waals surface area (Å²) in [5.74, 6) is 2.41. The van der Waals surface area contributed by atoms with Gasteiger partial charge in [-0.05, 0) is 49.3 Å². The Morgan fingerprint density at radius 2 is 2.30 bits per heavy atom. The number of hydrogen-bond donors (Lipinski definition) is 1. The van der Waals surface area contributed by atoms with Gasteiger partial charge in [0, 0.05) is 12.1 Å². The van der Waals surface area contributed by atoms with Crippen molar-refractivity contribution >= 4 is 21.6 Å². The lowest BCUT2D eigenvalue weighted by molar-refractivity contribution is 0.0739. The monoisotopic (exact) mass is 338 g/mol. The van der Waals surface area contributed by atoms with Crippen molar-refractivity contribution < 1.29 is 0 Å². The van der Waals surface area contributed by atoms with Crippen LogP contribution in [0.1, 0.15) is 19.3 Å². The number of nitrogens with one attached hydrogen (secondary N) is 1. The molecule has 108 valence electrons.